The fraction of sp³-hybridized carbons (Fsp3) is 0.370. The molecule has 0 bridgehead atoms. The number of hydrogen-bond donors (Lipinski definition) is 3. The molecule has 0 aliphatic carbocycles. The monoisotopic (exact) mass is 475 g/mol. The number of benzene rings is 2. The van der Waals surface area contributed by atoms with Crippen molar-refractivity contribution in [2.45, 2.75) is 38.8 Å². The number of H-pyrrole nitrogens is 1. The summed E-state index contributed by atoms with van der Waals surface area (Å²) in [5.41, 5.74) is 3.44. The van der Waals surface area contributed by atoms with Crippen molar-refractivity contribution in [1.82, 2.24) is 25.5 Å². The van der Waals surface area contributed by atoms with Crippen LogP contribution in [0.4, 0.5) is 0 Å². The molecule has 8 heteroatoms. The van der Waals surface area contributed by atoms with Crippen molar-refractivity contribution in [1.29, 1.82) is 0 Å². The van der Waals surface area contributed by atoms with Gasteiger partial charge < -0.3 is 20.4 Å². The minimum atomic E-state index is -0.154. The number of fused-ring (bicyclic) bond motifs is 1. The van der Waals surface area contributed by atoms with Gasteiger partial charge in [-0.05, 0) is 37.0 Å². The van der Waals surface area contributed by atoms with Crippen LogP contribution in [0.3, 0.4) is 0 Å². The normalized spacial score (nSPS) is 15.5. The van der Waals surface area contributed by atoms with Gasteiger partial charge in [0.1, 0.15) is 5.75 Å². The van der Waals surface area contributed by atoms with Gasteiger partial charge in [0.2, 0.25) is 5.91 Å². The van der Waals surface area contributed by atoms with Gasteiger partial charge in [0, 0.05) is 55.6 Å². The van der Waals surface area contributed by atoms with E-state index in [1.807, 2.05) is 48.5 Å². The lowest BCUT2D eigenvalue weighted by Crippen LogP contribution is -2.37. The zero-order valence-corrected chi connectivity index (χ0v) is 20.0. The number of carbonyl (C=O) groups is 2. The summed E-state index contributed by atoms with van der Waals surface area (Å²) in [6.07, 6.45) is 6.83. The Kier molecular flexibility index (Phi) is 8.89. The first kappa shape index (κ1) is 24.5. The van der Waals surface area contributed by atoms with E-state index in [4.69, 9.17) is 4.74 Å². The Morgan fingerprint density at radius 1 is 1.06 bits per heavy atom. The van der Waals surface area contributed by atoms with E-state index >= 15 is 0 Å². The summed E-state index contributed by atoms with van der Waals surface area (Å²) < 4.78 is 6.16. The lowest BCUT2D eigenvalue weighted by molar-refractivity contribution is -0.122. The van der Waals surface area contributed by atoms with Crippen molar-refractivity contribution in [2.75, 3.05) is 26.2 Å². The zero-order valence-electron chi connectivity index (χ0n) is 20.0. The number of rotatable bonds is 6. The molecule has 0 radical (unpaired) electrons. The number of ether oxygens (including phenoxy) is 1. The molecule has 1 aliphatic heterocycles. The van der Waals surface area contributed by atoms with Crippen LogP contribution in [-0.2, 0) is 24.3 Å². The highest BCUT2D eigenvalue weighted by atomic mass is 16.5. The SMILES string of the molecule is O=C1CN(Cc2ccccc2)Cc2c(cccc2C(=O)NCCc2cnc[nH]2)OCCCCCN1. The standard InChI is InChI=1S/C27H33N5O3/c33-26-19-32(17-21-8-3-1-4-9-21)18-24-23(27(34)30-14-12-22-16-28-20-31-22)10-7-11-25(24)35-15-6-2-5-13-29-26/h1,3-4,7-11,16,20H,2,5-6,12-15,17-19H2,(H,28,31)(H,29,33)(H,30,34). The molecular formula is C27H33N5O3. The van der Waals surface area contributed by atoms with Crippen molar-refractivity contribution in [3.05, 3.63) is 83.4 Å². The molecule has 0 saturated heterocycles. The summed E-state index contributed by atoms with van der Waals surface area (Å²) in [5, 5.41) is 6.05. The van der Waals surface area contributed by atoms with Gasteiger partial charge in [0.05, 0.1) is 19.5 Å². The molecule has 3 aromatic rings. The summed E-state index contributed by atoms with van der Waals surface area (Å²) in [6, 6.07) is 15.6. The van der Waals surface area contributed by atoms with E-state index in [0.29, 0.717) is 50.5 Å². The van der Waals surface area contributed by atoms with E-state index in [0.717, 1.165) is 36.1 Å². The zero-order chi connectivity index (χ0) is 24.3. The minimum absolute atomic E-state index is 0.0101. The third-order valence-corrected chi connectivity index (χ3v) is 6.01. The summed E-state index contributed by atoms with van der Waals surface area (Å²) in [5.74, 6) is 0.534. The highest BCUT2D eigenvalue weighted by molar-refractivity contribution is 5.96. The Morgan fingerprint density at radius 2 is 1.94 bits per heavy atom. The van der Waals surface area contributed by atoms with E-state index in [1.54, 1.807) is 12.5 Å². The number of aromatic nitrogens is 2. The van der Waals surface area contributed by atoms with Gasteiger partial charge in [-0.15, -0.1) is 0 Å². The first-order chi connectivity index (χ1) is 17.2. The Bertz CT molecular complexity index is 1090. The van der Waals surface area contributed by atoms with Crippen LogP contribution in [0.5, 0.6) is 5.75 Å². The first-order valence-electron chi connectivity index (χ1n) is 12.2. The van der Waals surface area contributed by atoms with Gasteiger partial charge in [-0.2, -0.15) is 0 Å². The van der Waals surface area contributed by atoms with Gasteiger partial charge in [-0.1, -0.05) is 36.4 Å². The molecule has 8 nitrogen and oxygen atoms in total. The van der Waals surface area contributed by atoms with Gasteiger partial charge in [-0.25, -0.2) is 4.98 Å². The van der Waals surface area contributed by atoms with Crippen LogP contribution in [0.2, 0.25) is 0 Å². The maximum Gasteiger partial charge on any atom is 0.251 e. The molecule has 184 valence electrons. The number of amides is 2. The maximum atomic E-state index is 13.2. The van der Waals surface area contributed by atoms with Crippen LogP contribution >= 0.6 is 0 Å². The molecule has 4 rings (SSSR count). The summed E-state index contributed by atoms with van der Waals surface area (Å²) >= 11 is 0. The molecule has 2 aromatic carbocycles. The number of imidazole rings is 1. The molecule has 2 heterocycles. The quantitative estimate of drug-likeness (QED) is 0.509. The molecule has 0 atom stereocenters. The third-order valence-electron chi connectivity index (χ3n) is 6.01. The first-order valence-corrected chi connectivity index (χ1v) is 12.2. The number of nitrogens with one attached hydrogen (secondary N) is 3. The highest BCUT2D eigenvalue weighted by Gasteiger charge is 2.21. The number of hydrogen-bond acceptors (Lipinski definition) is 5. The van der Waals surface area contributed by atoms with Crippen molar-refractivity contribution in [3.63, 3.8) is 0 Å². The van der Waals surface area contributed by atoms with Crippen LogP contribution < -0.4 is 15.4 Å². The van der Waals surface area contributed by atoms with Gasteiger partial charge in [-0.3, -0.25) is 14.5 Å². The topological polar surface area (TPSA) is 99.4 Å². The average molecular weight is 476 g/mol. The smallest absolute Gasteiger partial charge is 0.251 e. The van der Waals surface area contributed by atoms with Crippen LogP contribution in [0.1, 0.15) is 46.4 Å². The van der Waals surface area contributed by atoms with Crippen LogP contribution in [-0.4, -0.2) is 52.9 Å². The predicted molar refractivity (Wildman–Crippen MR) is 134 cm³/mol. The average Bonchev–Trinajstić information content (AvgIpc) is 3.38. The molecule has 2 amide bonds. The fourth-order valence-electron chi connectivity index (χ4n) is 4.21. The molecule has 0 spiro atoms. The van der Waals surface area contributed by atoms with Crippen molar-refractivity contribution >= 4 is 11.8 Å². The second-order valence-electron chi connectivity index (χ2n) is 8.75. The summed E-state index contributed by atoms with van der Waals surface area (Å²) in [6.45, 7) is 2.97. The molecule has 1 aliphatic rings. The lowest BCUT2D eigenvalue weighted by atomic mass is 10.0. The molecule has 0 saturated carbocycles. The Labute approximate surface area is 206 Å². The largest absolute Gasteiger partial charge is 0.493 e. The predicted octanol–water partition coefficient (Wildman–Crippen LogP) is 3.06. The summed E-state index contributed by atoms with van der Waals surface area (Å²) in [4.78, 5) is 35.0. The lowest BCUT2D eigenvalue weighted by Gasteiger charge is -2.24. The number of carbonyl (C=O) groups excluding carboxylic acids is 2. The van der Waals surface area contributed by atoms with Crippen molar-refractivity contribution in [3.8, 4) is 5.75 Å². The summed E-state index contributed by atoms with van der Waals surface area (Å²) in [7, 11) is 0. The van der Waals surface area contributed by atoms with E-state index < -0.39 is 0 Å². The van der Waals surface area contributed by atoms with Crippen LogP contribution in [0, 0.1) is 0 Å². The highest BCUT2D eigenvalue weighted by Crippen LogP contribution is 2.26. The van der Waals surface area contributed by atoms with Crippen molar-refractivity contribution in [2.24, 2.45) is 0 Å². The molecule has 0 unspecified atom stereocenters. The van der Waals surface area contributed by atoms with Gasteiger partial charge >= 0.3 is 0 Å². The number of nitrogens with zero attached hydrogens (tertiary/aromatic N) is 2. The Balaban J connectivity index is 1.58. The number of aromatic amines is 1. The van der Waals surface area contributed by atoms with Crippen LogP contribution in [0.25, 0.3) is 0 Å². The van der Waals surface area contributed by atoms with E-state index in [9.17, 15) is 9.59 Å². The van der Waals surface area contributed by atoms with Crippen LogP contribution in [0.15, 0.2) is 61.1 Å². The Hall–Kier alpha value is -3.65. The van der Waals surface area contributed by atoms with Gasteiger partial charge in [0.25, 0.3) is 5.91 Å². The van der Waals surface area contributed by atoms with E-state index in [1.165, 1.54) is 0 Å². The second kappa shape index (κ2) is 12.7. The van der Waals surface area contributed by atoms with E-state index in [2.05, 4.69) is 25.5 Å². The van der Waals surface area contributed by atoms with Crippen molar-refractivity contribution < 1.29 is 14.3 Å². The molecule has 0 fully saturated rings. The Morgan fingerprint density at radius 3 is 2.77 bits per heavy atom. The second-order valence-corrected chi connectivity index (χ2v) is 8.75. The fourth-order valence-corrected chi connectivity index (χ4v) is 4.21. The van der Waals surface area contributed by atoms with Gasteiger partial charge in [0.15, 0.2) is 0 Å². The maximum absolute atomic E-state index is 13.2. The van der Waals surface area contributed by atoms with E-state index in [-0.39, 0.29) is 18.4 Å². The molecule has 3 N–H and O–H groups in total. The molecular weight excluding hydrogens is 442 g/mol. The minimum Gasteiger partial charge on any atom is -0.493 e. The molecule has 1 aromatic heterocycles. The third kappa shape index (κ3) is 7.42. The molecule has 35 heavy (non-hydrogen) atoms.